The Morgan fingerprint density at radius 2 is 2.05 bits per heavy atom. The van der Waals surface area contributed by atoms with Crippen LogP contribution < -0.4 is 5.32 Å². The summed E-state index contributed by atoms with van der Waals surface area (Å²) in [7, 11) is 0. The Kier molecular flexibility index (Phi) is 3.47. The predicted molar refractivity (Wildman–Crippen MR) is 79.4 cm³/mol. The third-order valence-corrected chi connectivity index (χ3v) is 6.09. The zero-order chi connectivity index (χ0) is 14.4. The van der Waals surface area contributed by atoms with E-state index < -0.39 is 0 Å². The molecule has 0 amide bonds. The number of carbonyl (C=O) groups is 1. The monoisotopic (exact) mass is 294 g/mol. The molecule has 2 heterocycles. The van der Waals surface area contributed by atoms with E-state index in [0.717, 1.165) is 42.2 Å². The molecule has 0 aromatic carbocycles. The number of nitrogens with one attached hydrogen (secondary N) is 1. The highest BCUT2D eigenvalue weighted by Gasteiger charge is 2.42. The van der Waals surface area contributed by atoms with Crippen molar-refractivity contribution in [3.8, 4) is 0 Å². The number of fused-ring (bicyclic) bond motifs is 1. The summed E-state index contributed by atoms with van der Waals surface area (Å²) >= 11 is 1.63. The van der Waals surface area contributed by atoms with Gasteiger partial charge in [-0.1, -0.05) is 13.8 Å². The standard InChI is InChI=1S/C15H22N2O2S/c1-14(2,9-18)13-17-12-10(19)7-15(8-11(12)20-13)3-5-16-6-4-15/h16,18H,3-9H2,1-2H3. The molecule has 1 aliphatic carbocycles. The van der Waals surface area contributed by atoms with Crippen molar-refractivity contribution in [1.29, 1.82) is 0 Å². The molecule has 5 heteroatoms. The van der Waals surface area contributed by atoms with Crippen LogP contribution in [0.1, 0.15) is 53.5 Å². The van der Waals surface area contributed by atoms with Gasteiger partial charge in [-0.3, -0.25) is 4.79 Å². The van der Waals surface area contributed by atoms with Crippen LogP contribution in [-0.4, -0.2) is 35.6 Å². The van der Waals surface area contributed by atoms with Crippen LogP contribution >= 0.6 is 11.3 Å². The van der Waals surface area contributed by atoms with Crippen molar-refractivity contribution >= 4 is 17.1 Å². The number of hydrogen-bond acceptors (Lipinski definition) is 5. The molecule has 110 valence electrons. The fourth-order valence-corrected chi connectivity index (χ4v) is 4.53. The fraction of sp³-hybridized carbons (Fsp3) is 0.733. The van der Waals surface area contributed by atoms with E-state index in [2.05, 4.69) is 10.3 Å². The van der Waals surface area contributed by atoms with Gasteiger partial charge in [0.25, 0.3) is 0 Å². The third-order valence-electron chi connectivity index (χ3n) is 4.67. The Morgan fingerprint density at radius 1 is 1.35 bits per heavy atom. The number of hydrogen-bond donors (Lipinski definition) is 2. The molecule has 0 saturated carbocycles. The number of rotatable bonds is 2. The highest BCUT2D eigenvalue weighted by Crippen LogP contribution is 2.44. The molecule has 1 saturated heterocycles. The first-order valence-electron chi connectivity index (χ1n) is 7.31. The van der Waals surface area contributed by atoms with E-state index in [9.17, 15) is 9.90 Å². The van der Waals surface area contributed by atoms with Gasteiger partial charge in [-0.2, -0.15) is 0 Å². The number of nitrogens with zero attached hydrogens (tertiary/aromatic N) is 1. The molecular formula is C15H22N2O2S. The second-order valence-electron chi connectivity index (χ2n) is 6.86. The first-order valence-corrected chi connectivity index (χ1v) is 8.12. The van der Waals surface area contributed by atoms with Crippen molar-refractivity contribution in [1.82, 2.24) is 10.3 Å². The molecular weight excluding hydrogens is 272 g/mol. The Bertz CT molecular complexity index is 530. The minimum atomic E-state index is -0.358. The molecule has 0 atom stereocenters. The van der Waals surface area contributed by atoms with Gasteiger partial charge in [0.2, 0.25) is 0 Å². The number of Topliss-reactive ketones (excluding diaryl/α,β-unsaturated/α-hetero) is 1. The van der Waals surface area contributed by atoms with E-state index in [4.69, 9.17) is 0 Å². The smallest absolute Gasteiger partial charge is 0.182 e. The number of thiazole rings is 1. The van der Waals surface area contributed by atoms with Crippen molar-refractivity contribution in [3.63, 3.8) is 0 Å². The molecule has 0 bridgehead atoms. The number of ketones is 1. The molecule has 20 heavy (non-hydrogen) atoms. The van der Waals surface area contributed by atoms with Gasteiger partial charge in [-0.05, 0) is 37.8 Å². The number of aliphatic hydroxyl groups excluding tert-OH is 1. The predicted octanol–water partition coefficient (Wildman–Crippen LogP) is 1.91. The first kappa shape index (κ1) is 14.2. The van der Waals surface area contributed by atoms with Gasteiger partial charge in [-0.25, -0.2) is 4.98 Å². The van der Waals surface area contributed by atoms with Gasteiger partial charge < -0.3 is 10.4 Å². The summed E-state index contributed by atoms with van der Waals surface area (Å²) in [5, 5.41) is 13.8. The van der Waals surface area contributed by atoms with Gasteiger partial charge in [-0.15, -0.1) is 11.3 Å². The lowest BCUT2D eigenvalue weighted by atomic mass is 9.69. The van der Waals surface area contributed by atoms with Crippen LogP contribution in [0, 0.1) is 5.41 Å². The van der Waals surface area contributed by atoms with E-state index >= 15 is 0 Å². The maximum atomic E-state index is 12.4. The first-order chi connectivity index (χ1) is 9.46. The zero-order valence-electron chi connectivity index (χ0n) is 12.2. The van der Waals surface area contributed by atoms with Crippen molar-refractivity contribution in [2.75, 3.05) is 19.7 Å². The fourth-order valence-electron chi connectivity index (χ4n) is 3.18. The van der Waals surface area contributed by atoms with E-state index in [1.807, 2.05) is 13.8 Å². The largest absolute Gasteiger partial charge is 0.395 e. The maximum absolute atomic E-state index is 12.4. The molecule has 2 N–H and O–H groups in total. The SMILES string of the molecule is CC(C)(CO)c1nc2c(s1)CC1(CCNCC1)CC2=O. The number of aliphatic hydroxyl groups is 1. The van der Waals surface area contributed by atoms with Crippen molar-refractivity contribution in [2.45, 2.75) is 44.9 Å². The summed E-state index contributed by atoms with van der Waals surface area (Å²) in [5.74, 6) is 0.199. The minimum absolute atomic E-state index is 0.0582. The second-order valence-corrected chi connectivity index (χ2v) is 7.94. The Hall–Kier alpha value is -0.780. The summed E-state index contributed by atoms with van der Waals surface area (Å²) in [5.41, 5.74) is 0.474. The normalized spacial score (nSPS) is 22.1. The van der Waals surface area contributed by atoms with Crippen LogP contribution in [0.15, 0.2) is 0 Å². The Morgan fingerprint density at radius 3 is 2.70 bits per heavy atom. The molecule has 1 aromatic heterocycles. The summed E-state index contributed by atoms with van der Waals surface area (Å²) in [6, 6.07) is 0. The molecule has 3 rings (SSSR count). The number of piperidine rings is 1. The number of carbonyl (C=O) groups excluding carboxylic acids is 1. The van der Waals surface area contributed by atoms with Crippen LogP contribution in [0.4, 0.5) is 0 Å². The second kappa shape index (κ2) is 4.90. The molecule has 1 fully saturated rings. The molecule has 1 aliphatic heterocycles. The third kappa shape index (κ3) is 2.32. The lowest BCUT2D eigenvalue weighted by Gasteiger charge is -2.39. The van der Waals surface area contributed by atoms with Crippen molar-refractivity contribution in [3.05, 3.63) is 15.6 Å². The van der Waals surface area contributed by atoms with Crippen LogP contribution in [0.2, 0.25) is 0 Å². The average molecular weight is 294 g/mol. The van der Waals surface area contributed by atoms with Gasteiger partial charge >= 0.3 is 0 Å². The van der Waals surface area contributed by atoms with E-state index in [-0.39, 0.29) is 23.2 Å². The summed E-state index contributed by atoms with van der Waals surface area (Å²) < 4.78 is 0. The Labute approximate surface area is 123 Å². The average Bonchev–Trinajstić information content (AvgIpc) is 2.84. The summed E-state index contributed by atoms with van der Waals surface area (Å²) in [6.07, 6.45) is 3.78. The van der Waals surface area contributed by atoms with Crippen LogP contribution in [0.5, 0.6) is 0 Å². The molecule has 0 unspecified atom stereocenters. The van der Waals surface area contributed by atoms with E-state index in [1.165, 1.54) is 0 Å². The van der Waals surface area contributed by atoms with Crippen molar-refractivity contribution < 1.29 is 9.90 Å². The number of aromatic nitrogens is 1. The molecule has 2 aliphatic rings. The maximum Gasteiger partial charge on any atom is 0.182 e. The molecule has 4 nitrogen and oxygen atoms in total. The van der Waals surface area contributed by atoms with Crippen LogP contribution in [0.25, 0.3) is 0 Å². The lowest BCUT2D eigenvalue weighted by molar-refractivity contribution is 0.0833. The van der Waals surface area contributed by atoms with E-state index in [1.54, 1.807) is 11.3 Å². The highest BCUT2D eigenvalue weighted by atomic mass is 32.1. The topological polar surface area (TPSA) is 62.2 Å². The van der Waals surface area contributed by atoms with Crippen LogP contribution in [-0.2, 0) is 11.8 Å². The quantitative estimate of drug-likeness (QED) is 0.874. The summed E-state index contributed by atoms with van der Waals surface area (Å²) in [4.78, 5) is 18.1. The lowest BCUT2D eigenvalue weighted by Crippen LogP contribution is -2.41. The van der Waals surface area contributed by atoms with Gasteiger partial charge in [0.05, 0.1) is 6.61 Å². The van der Waals surface area contributed by atoms with Crippen molar-refractivity contribution in [2.24, 2.45) is 5.41 Å². The van der Waals surface area contributed by atoms with Crippen LogP contribution in [0.3, 0.4) is 0 Å². The van der Waals surface area contributed by atoms with E-state index in [0.29, 0.717) is 12.1 Å². The highest BCUT2D eigenvalue weighted by molar-refractivity contribution is 7.12. The van der Waals surface area contributed by atoms with Gasteiger partial charge in [0.15, 0.2) is 5.78 Å². The Balaban J connectivity index is 1.94. The van der Waals surface area contributed by atoms with Gasteiger partial charge in [0, 0.05) is 16.7 Å². The molecule has 0 radical (unpaired) electrons. The minimum Gasteiger partial charge on any atom is -0.395 e. The summed E-state index contributed by atoms with van der Waals surface area (Å²) in [6.45, 7) is 6.03. The molecule has 1 aromatic rings. The van der Waals surface area contributed by atoms with Gasteiger partial charge in [0.1, 0.15) is 10.7 Å². The molecule has 1 spiro atoms. The zero-order valence-corrected chi connectivity index (χ0v) is 13.0.